The third kappa shape index (κ3) is 14.2. The number of aryl methyl sites for hydroxylation is 2. The highest BCUT2D eigenvalue weighted by Crippen LogP contribution is 2.38. The summed E-state index contributed by atoms with van der Waals surface area (Å²) in [6, 6.07) is 32.9. The predicted octanol–water partition coefficient (Wildman–Crippen LogP) is 10.4. The first-order valence-corrected chi connectivity index (χ1v) is 17.2. The molecule has 43 heavy (non-hydrogen) atoms. The quantitative estimate of drug-likeness (QED) is 0.133. The number of ether oxygens (including phenoxy) is 3. The number of rotatable bonds is 10. The molecule has 0 saturated heterocycles. The normalized spacial score (nSPS) is 9.95. The molecular formula is C33H37NO5S4. The first kappa shape index (κ1) is 36.0. The van der Waals surface area contributed by atoms with Crippen molar-refractivity contribution in [2.45, 2.75) is 54.1 Å². The number of amides is 1. The van der Waals surface area contributed by atoms with Gasteiger partial charge in [0.15, 0.2) is 0 Å². The molecule has 0 saturated carbocycles. The number of carbonyl (C=O) groups is 2. The van der Waals surface area contributed by atoms with Gasteiger partial charge in [0.1, 0.15) is 13.2 Å². The maximum absolute atomic E-state index is 11.0. The minimum Gasteiger partial charge on any atom is -0.445 e. The summed E-state index contributed by atoms with van der Waals surface area (Å²) in [4.78, 5) is 26.7. The van der Waals surface area contributed by atoms with Crippen LogP contribution in [0.2, 0.25) is 0 Å². The Kier molecular flexibility index (Phi) is 16.7. The molecule has 6 nitrogen and oxygen atoms in total. The summed E-state index contributed by atoms with van der Waals surface area (Å²) in [6.07, 6.45) is -1.08. The van der Waals surface area contributed by atoms with Gasteiger partial charge in [0.05, 0.1) is 7.11 Å². The lowest BCUT2D eigenvalue weighted by Crippen LogP contribution is -2.18. The van der Waals surface area contributed by atoms with Gasteiger partial charge in [-0.2, -0.15) is 0 Å². The molecule has 0 bridgehead atoms. The lowest BCUT2D eigenvalue weighted by molar-refractivity contribution is 0.0669. The molecule has 4 rings (SSSR count). The molecule has 0 unspecified atom stereocenters. The molecule has 0 aliphatic carbocycles. The topological polar surface area (TPSA) is 73.9 Å². The van der Waals surface area contributed by atoms with Crippen LogP contribution in [0.25, 0.3) is 0 Å². The van der Waals surface area contributed by atoms with Crippen LogP contribution in [-0.4, -0.2) is 26.4 Å². The molecule has 4 aromatic carbocycles. The van der Waals surface area contributed by atoms with Crippen LogP contribution >= 0.6 is 43.2 Å². The van der Waals surface area contributed by atoms with Gasteiger partial charge in [-0.05, 0) is 73.5 Å². The lowest BCUT2D eigenvalue weighted by Gasteiger charge is -2.05. The van der Waals surface area contributed by atoms with E-state index < -0.39 is 12.2 Å². The third-order valence-electron chi connectivity index (χ3n) is 5.45. The number of methoxy groups -OCH3 is 1. The van der Waals surface area contributed by atoms with Crippen LogP contribution in [0.3, 0.4) is 0 Å². The van der Waals surface area contributed by atoms with Gasteiger partial charge in [-0.3, -0.25) is 0 Å². The molecule has 1 amide bonds. The number of hydrogen-bond donors (Lipinski definition) is 1. The fraction of sp³-hybridized carbons (Fsp3) is 0.212. The van der Waals surface area contributed by atoms with Crippen molar-refractivity contribution in [1.29, 1.82) is 0 Å². The smallest absolute Gasteiger partial charge is 0.445 e. The van der Waals surface area contributed by atoms with Crippen molar-refractivity contribution in [3.8, 4) is 0 Å². The van der Waals surface area contributed by atoms with Crippen molar-refractivity contribution < 1.29 is 23.8 Å². The second-order valence-electron chi connectivity index (χ2n) is 8.82. The molecule has 0 fully saturated rings. The molecule has 0 spiro atoms. The van der Waals surface area contributed by atoms with Crippen LogP contribution in [0.1, 0.15) is 29.7 Å². The van der Waals surface area contributed by atoms with Gasteiger partial charge in [0.25, 0.3) is 0 Å². The Morgan fingerprint density at radius 3 is 1.23 bits per heavy atom. The molecule has 0 radical (unpaired) electrons. The molecule has 0 aliphatic heterocycles. The summed E-state index contributed by atoms with van der Waals surface area (Å²) in [5, 5.41) is 2.42. The second kappa shape index (κ2) is 19.9. The van der Waals surface area contributed by atoms with Crippen LogP contribution in [0.4, 0.5) is 9.59 Å². The minimum atomic E-state index is -0.664. The van der Waals surface area contributed by atoms with Gasteiger partial charge < -0.3 is 19.5 Å². The van der Waals surface area contributed by atoms with Crippen LogP contribution in [-0.2, 0) is 27.4 Å². The Hall–Kier alpha value is -3.18. The van der Waals surface area contributed by atoms with Crippen molar-refractivity contribution in [2.75, 3.05) is 14.2 Å². The first-order valence-electron chi connectivity index (χ1n) is 12.9. The van der Waals surface area contributed by atoms with E-state index in [-0.39, 0.29) is 20.6 Å². The number of benzene rings is 4. The largest absolute Gasteiger partial charge is 0.508 e. The fourth-order valence-electron chi connectivity index (χ4n) is 3.08. The summed E-state index contributed by atoms with van der Waals surface area (Å²) < 4.78 is 14.3. The zero-order valence-electron chi connectivity index (χ0n) is 23.8. The van der Waals surface area contributed by atoms with E-state index in [0.29, 0.717) is 0 Å². The highest BCUT2D eigenvalue weighted by molar-refractivity contribution is 8.77. The Balaban J connectivity index is 0.000000293. The Morgan fingerprint density at radius 1 is 0.581 bits per heavy atom. The average molecular weight is 656 g/mol. The summed E-state index contributed by atoms with van der Waals surface area (Å²) in [5.41, 5.74) is 4.44. The molecule has 0 aliphatic rings. The van der Waals surface area contributed by atoms with Crippen LogP contribution in [0.5, 0.6) is 0 Å². The van der Waals surface area contributed by atoms with Crippen molar-refractivity contribution in [3.63, 3.8) is 0 Å². The summed E-state index contributed by atoms with van der Waals surface area (Å²) in [7, 11) is 9.71. The second-order valence-corrected chi connectivity index (χ2v) is 13.4. The third-order valence-corrected chi connectivity index (χ3v) is 10.3. The van der Waals surface area contributed by atoms with Crippen molar-refractivity contribution in [3.05, 3.63) is 119 Å². The van der Waals surface area contributed by atoms with Gasteiger partial charge in [-0.25, -0.2) is 9.59 Å². The molecule has 10 heteroatoms. The highest BCUT2D eigenvalue weighted by Gasteiger charge is 2.03. The summed E-state index contributed by atoms with van der Waals surface area (Å²) in [5.74, 6) is 0. The summed E-state index contributed by atoms with van der Waals surface area (Å²) >= 11 is 0. The number of carbonyl (C=O) groups excluding carboxylic acids is 2. The van der Waals surface area contributed by atoms with E-state index in [0.717, 1.165) is 16.0 Å². The lowest BCUT2D eigenvalue weighted by atomic mass is 10.2. The molecular weight excluding hydrogens is 619 g/mol. The standard InChI is InChI=1S/C16H17NO2S2.C16H16O3S2.CH4/c1-12-3-7-14(8-4-12)20-21-15-9-5-13(6-10-15)11-19-16(18)17-2;1-12-3-7-14(8-4-12)20-21-15-9-5-13(6-10-15)11-19-16(17)18-2;/h3-10H,11H2,1-2H3,(H,17,18);3-10H,11H2,1-2H3;1H4. The van der Waals surface area contributed by atoms with Crippen molar-refractivity contribution >= 4 is 55.4 Å². The van der Waals surface area contributed by atoms with Gasteiger partial charge in [0, 0.05) is 26.6 Å². The molecule has 4 aromatic rings. The van der Waals surface area contributed by atoms with Gasteiger partial charge in [0.2, 0.25) is 0 Å². The predicted molar refractivity (Wildman–Crippen MR) is 182 cm³/mol. The fourth-order valence-corrected chi connectivity index (χ4v) is 6.95. The number of nitrogens with one attached hydrogen (secondary N) is 1. The number of hydrogen-bond acceptors (Lipinski definition) is 9. The Morgan fingerprint density at radius 2 is 0.907 bits per heavy atom. The van der Waals surface area contributed by atoms with Crippen LogP contribution in [0, 0.1) is 13.8 Å². The minimum absolute atomic E-state index is 0. The highest BCUT2D eigenvalue weighted by atomic mass is 33.1. The van der Waals surface area contributed by atoms with Crippen LogP contribution in [0.15, 0.2) is 117 Å². The van der Waals surface area contributed by atoms with Gasteiger partial charge >= 0.3 is 12.2 Å². The molecule has 0 aromatic heterocycles. The maximum atomic E-state index is 11.0. The van der Waals surface area contributed by atoms with E-state index >= 15 is 0 Å². The molecule has 0 atom stereocenters. The number of alkyl carbamates (subject to hydrolysis) is 1. The van der Waals surface area contributed by atoms with E-state index in [1.54, 1.807) is 50.2 Å². The SMILES string of the molecule is C.CNC(=O)OCc1ccc(SSc2ccc(C)cc2)cc1.COC(=O)OCc1ccc(SSc2ccc(C)cc2)cc1. The van der Waals surface area contributed by atoms with Crippen molar-refractivity contribution in [1.82, 2.24) is 5.32 Å². The molecule has 0 heterocycles. The van der Waals surface area contributed by atoms with E-state index in [2.05, 4.69) is 72.4 Å². The monoisotopic (exact) mass is 655 g/mol. The zero-order chi connectivity index (χ0) is 30.2. The first-order chi connectivity index (χ1) is 20.3. The van der Waals surface area contributed by atoms with Gasteiger partial charge in [-0.1, -0.05) is 110 Å². The van der Waals surface area contributed by atoms with Gasteiger partial charge in [-0.15, -0.1) is 0 Å². The maximum Gasteiger partial charge on any atom is 0.508 e. The van der Waals surface area contributed by atoms with E-state index in [9.17, 15) is 9.59 Å². The summed E-state index contributed by atoms with van der Waals surface area (Å²) in [6.45, 7) is 4.68. The average Bonchev–Trinajstić information content (AvgIpc) is 3.03. The van der Waals surface area contributed by atoms with E-state index in [1.165, 1.54) is 32.9 Å². The Labute approximate surface area is 270 Å². The molecule has 228 valence electrons. The zero-order valence-corrected chi connectivity index (χ0v) is 27.1. The van der Waals surface area contributed by atoms with Crippen LogP contribution < -0.4 is 5.32 Å². The molecule has 1 N–H and O–H groups in total. The Bertz CT molecular complexity index is 1270. The van der Waals surface area contributed by atoms with E-state index in [4.69, 9.17) is 9.47 Å². The van der Waals surface area contributed by atoms with E-state index in [1.807, 2.05) is 48.5 Å². The van der Waals surface area contributed by atoms with Crippen molar-refractivity contribution in [2.24, 2.45) is 0 Å².